The van der Waals surface area contributed by atoms with Crippen LogP contribution in [0, 0.1) is 5.41 Å². The molecule has 2 N–H and O–H groups in total. The van der Waals surface area contributed by atoms with Crippen LogP contribution in [0.2, 0.25) is 0 Å². The number of pyridine rings is 1. The first kappa shape index (κ1) is 14.5. The van der Waals surface area contributed by atoms with E-state index in [4.69, 9.17) is 4.74 Å². The average molecular weight is 278 g/mol. The zero-order valence-electron chi connectivity index (χ0n) is 11.2. The van der Waals surface area contributed by atoms with Gasteiger partial charge in [-0.15, -0.1) is 0 Å². The number of ether oxygens (including phenoxy) is 1. The Morgan fingerprint density at radius 2 is 2.15 bits per heavy atom. The first-order valence-corrected chi connectivity index (χ1v) is 6.59. The quantitative estimate of drug-likeness (QED) is 0.824. The molecule has 0 bridgehead atoms. The molecule has 6 nitrogen and oxygen atoms in total. The third-order valence-corrected chi connectivity index (χ3v) is 3.62. The Morgan fingerprint density at radius 3 is 2.75 bits per heavy atom. The fraction of sp³-hybridized carbons (Fsp3) is 0.500. The second-order valence-corrected chi connectivity index (χ2v) is 5.01. The van der Waals surface area contributed by atoms with Crippen LogP contribution >= 0.6 is 0 Å². The highest BCUT2D eigenvalue weighted by atomic mass is 16.5. The van der Waals surface area contributed by atoms with Crippen molar-refractivity contribution < 1.29 is 19.4 Å². The number of nitrogens with zero attached hydrogens (tertiary/aromatic N) is 1. The summed E-state index contributed by atoms with van der Waals surface area (Å²) in [5.74, 6) is -1.06. The standard InChI is InChI=1S/C14H18N2O4/c17-12(8-11-2-1-5-15-9-11)16-10-14(13(18)19)3-6-20-7-4-14/h1-2,5,9H,3-4,6-8,10H2,(H,16,17)(H,18,19). The van der Waals surface area contributed by atoms with Gasteiger partial charge in [0.2, 0.25) is 5.91 Å². The van der Waals surface area contributed by atoms with Crippen molar-refractivity contribution in [2.75, 3.05) is 19.8 Å². The fourth-order valence-electron chi connectivity index (χ4n) is 2.25. The molecule has 0 aliphatic carbocycles. The van der Waals surface area contributed by atoms with Gasteiger partial charge >= 0.3 is 5.97 Å². The summed E-state index contributed by atoms with van der Waals surface area (Å²) in [5.41, 5.74) is -0.0931. The second kappa shape index (κ2) is 6.47. The molecule has 6 heteroatoms. The zero-order chi connectivity index (χ0) is 14.4. The van der Waals surface area contributed by atoms with Gasteiger partial charge in [-0.05, 0) is 24.5 Å². The number of carbonyl (C=O) groups excluding carboxylic acids is 1. The Labute approximate surface area is 117 Å². The van der Waals surface area contributed by atoms with E-state index in [1.165, 1.54) is 0 Å². The van der Waals surface area contributed by atoms with E-state index in [0.29, 0.717) is 26.1 Å². The molecule has 1 fully saturated rings. The zero-order valence-corrected chi connectivity index (χ0v) is 11.2. The van der Waals surface area contributed by atoms with E-state index >= 15 is 0 Å². The minimum atomic E-state index is -0.900. The lowest BCUT2D eigenvalue weighted by molar-refractivity contribution is -0.154. The van der Waals surface area contributed by atoms with Gasteiger partial charge in [0.05, 0.1) is 11.8 Å². The lowest BCUT2D eigenvalue weighted by atomic mass is 9.80. The van der Waals surface area contributed by atoms with E-state index in [0.717, 1.165) is 5.56 Å². The summed E-state index contributed by atoms with van der Waals surface area (Å²) in [5, 5.41) is 12.1. The van der Waals surface area contributed by atoms with E-state index in [9.17, 15) is 14.7 Å². The predicted molar refractivity (Wildman–Crippen MR) is 71.1 cm³/mol. The van der Waals surface area contributed by atoms with Crippen LogP contribution in [0.3, 0.4) is 0 Å². The summed E-state index contributed by atoms with van der Waals surface area (Å²) in [6, 6.07) is 3.58. The summed E-state index contributed by atoms with van der Waals surface area (Å²) in [4.78, 5) is 27.2. The number of carbonyl (C=O) groups is 2. The summed E-state index contributed by atoms with van der Waals surface area (Å²) >= 11 is 0. The van der Waals surface area contributed by atoms with Crippen molar-refractivity contribution in [2.24, 2.45) is 5.41 Å². The number of carboxylic acids is 1. The van der Waals surface area contributed by atoms with E-state index < -0.39 is 11.4 Å². The normalized spacial score (nSPS) is 17.4. The Balaban J connectivity index is 1.89. The topological polar surface area (TPSA) is 88.5 Å². The molecule has 1 aliphatic heterocycles. The molecular formula is C14H18N2O4. The number of aliphatic carboxylic acids is 1. The fourth-order valence-corrected chi connectivity index (χ4v) is 2.25. The summed E-state index contributed by atoms with van der Waals surface area (Å²) in [6.07, 6.45) is 4.33. The van der Waals surface area contributed by atoms with Gasteiger partial charge in [-0.3, -0.25) is 14.6 Å². The molecule has 1 amide bonds. The molecule has 2 heterocycles. The van der Waals surface area contributed by atoms with Gasteiger partial charge in [0.25, 0.3) is 0 Å². The third-order valence-electron chi connectivity index (χ3n) is 3.62. The Hall–Kier alpha value is -1.95. The molecule has 108 valence electrons. The first-order chi connectivity index (χ1) is 9.62. The Morgan fingerprint density at radius 1 is 1.40 bits per heavy atom. The molecule has 0 saturated carbocycles. The largest absolute Gasteiger partial charge is 0.481 e. The van der Waals surface area contributed by atoms with Crippen LogP contribution in [0.5, 0.6) is 0 Å². The van der Waals surface area contributed by atoms with Crippen molar-refractivity contribution in [3.8, 4) is 0 Å². The van der Waals surface area contributed by atoms with Crippen LogP contribution in [0.1, 0.15) is 18.4 Å². The number of amides is 1. The van der Waals surface area contributed by atoms with Crippen molar-refractivity contribution in [1.82, 2.24) is 10.3 Å². The highest BCUT2D eigenvalue weighted by Gasteiger charge is 2.40. The van der Waals surface area contributed by atoms with Crippen LogP contribution in [0.15, 0.2) is 24.5 Å². The SMILES string of the molecule is O=C(Cc1cccnc1)NCC1(C(=O)O)CCOCC1. The van der Waals surface area contributed by atoms with Crippen LogP contribution in [0.4, 0.5) is 0 Å². The molecule has 0 radical (unpaired) electrons. The van der Waals surface area contributed by atoms with Crippen LogP contribution in [-0.4, -0.2) is 41.7 Å². The number of rotatable bonds is 5. The lowest BCUT2D eigenvalue weighted by Crippen LogP contribution is -2.46. The average Bonchev–Trinajstić information content (AvgIpc) is 2.47. The second-order valence-electron chi connectivity index (χ2n) is 5.01. The van der Waals surface area contributed by atoms with Gasteiger partial charge in [0.1, 0.15) is 0 Å². The molecule has 1 aliphatic rings. The number of carboxylic acid groups (broad SMARTS) is 1. The monoisotopic (exact) mass is 278 g/mol. The van der Waals surface area contributed by atoms with Crippen LogP contribution in [-0.2, 0) is 20.7 Å². The molecule has 1 aromatic heterocycles. The van der Waals surface area contributed by atoms with Crippen molar-refractivity contribution in [3.63, 3.8) is 0 Å². The van der Waals surface area contributed by atoms with Crippen LogP contribution in [0.25, 0.3) is 0 Å². The number of nitrogens with one attached hydrogen (secondary N) is 1. The minimum Gasteiger partial charge on any atom is -0.481 e. The highest BCUT2D eigenvalue weighted by Crippen LogP contribution is 2.30. The number of hydrogen-bond acceptors (Lipinski definition) is 4. The number of aromatic nitrogens is 1. The molecule has 0 atom stereocenters. The summed E-state index contributed by atoms with van der Waals surface area (Å²) < 4.78 is 5.19. The first-order valence-electron chi connectivity index (χ1n) is 6.59. The molecule has 1 aromatic rings. The maximum absolute atomic E-state index is 11.9. The third kappa shape index (κ3) is 3.54. The van der Waals surface area contributed by atoms with Crippen molar-refractivity contribution in [1.29, 1.82) is 0 Å². The van der Waals surface area contributed by atoms with Gasteiger partial charge in [0.15, 0.2) is 0 Å². The Kier molecular flexibility index (Phi) is 4.68. The summed E-state index contributed by atoms with van der Waals surface area (Å²) in [7, 11) is 0. The highest BCUT2D eigenvalue weighted by molar-refractivity contribution is 5.80. The minimum absolute atomic E-state index is 0.144. The van der Waals surface area contributed by atoms with Gasteiger partial charge in [0, 0.05) is 32.2 Å². The molecule has 0 aromatic carbocycles. The summed E-state index contributed by atoms with van der Waals surface area (Å²) in [6.45, 7) is 0.986. The van der Waals surface area contributed by atoms with Crippen LogP contribution < -0.4 is 5.32 Å². The van der Waals surface area contributed by atoms with E-state index in [-0.39, 0.29) is 18.9 Å². The smallest absolute Gasteiger partial charge is 0.311 e. The van der Waals surface area contributed by atoms with Gasteiger partial charge in [-0.1, -0.05) is 6.07 Å². The van der Waals surface area contributed by atoms with Gasteiger partial charge in [-0.25, -0.2) is 0 Å². The maximum Gasteiger partial charge on any atom is 0.311 e. The predicted octanol–water partition coefficient (Wildman–Crippen LogP) is 0.622. The molecular weight excluding hydrogens is 260 g/mol. The maximum atomic E-state index is 11.9. The van der Waals surface area contributed by atoms with Gasteiger partial charge in [-0.2, -0.15) is 0 Å². The molecule has 0 spiro atoms. The molecule has 2 rings (SSSR count). The Bertz CT molecular complexity index is 469. The van der Waals surface area contributed by atoms with Crippen molar-refractivity contribution >= 4 is 11.9 Å². The van der Waals surface area contributed by atoms with E-state index in [2.05, 4.69) is 10.3 Å². The lowest BCUT2D eigenvalue weighted by Gasteiger charge is -2.33. The molecule has 20 heavy (non-hydrogen) atoms. The molecule has 0 unspecified atom stereocenters. The van der Waals surface area contributed by atoms with Crippen molar-refractivity contribution in [3.05, 3.63) is 30.1 Å². The molecule has 1 saturated heterocycles. The van der Waals surface area contributed by atoms with Crippen molar-refractivity contribution in [2.45, 2.75) is 19.3 Å². The van der Waals surface area contributed by atoms with E-state index in [1.54, 1.807) is 18.5 Å². The number of hydrogen-bond donors (Lipinski definition) is 2. The van der Waals surface area contributed by atoms with E-state index in [1.807, 2.05) is 6.07 Å². The van der Waals surface area contributed by atoms with Gasteiger partial charge < -0.3 is 15.2 Å².